The first-order chi connectivity index (χ1) is 17.3. The van der Waals surface area contributed by atoms with Gasteiger partial charge in [-0.1, -0.05) is 100 Å². The Balaban J connectivity index is 1.88. The van der Waals surface area contributed by atoms with Crippen LogP contribution in [0.4, 0.5) is 0 Å². The van der Waals surface area contributed by atoms with Crippen LogP contribution in [0.2, 0.25) is 0 Å². The van der Waals surface area contributed by atoms with Crippen molar-refractivity contribution in [1.82, 2.24) is 0 Å². The molecule has 0 spiro atoms. The largest absolute Gasteiger partial charge is 0.491 e. The second-order valence-electron chi connectivity index (χ2n) is 11.3. The number of para-hydroxylation sites is 1. The van der Waals surface area contributed by atoms with E-state index >= 15 is 0 Å². The van der Waals surface area contributed by atoms with Gasteiger partial charge in [-0.25, -0.2) is 0 Å². The van der Waals surface area contributed by atoms with Gasteiger partial charge in [-0.2, -0.15) is 0 Å². The summed E-state index contributed by atoms with van der Waals surface area (Å²) in [7, 11) is 4.76. The van der Waals surface area contributed by atoms with Crippen LogP contribution in [0, 0.1) is 11.8 Å². The van der Waals surface area contributed by atoms with Crippen LogP contribution in [0.5, 0.6) is 5.75 Å². The summed E-state index contributed by atoms with van der Waals surface area (Å²) in [6.07, 6.45) is 2.15. The van der Waals surface area contributed by atoms with Gasteiger partial charge in [0.2, 0.25) is 0 Å². The molecule has 3 aromatic rings. The maximum absolute atomic E-state index is 6.12. The smallest absolute Gasteiger partial charge is 0.151 e. The molecule has 0 saturated carbocycles. The van der Waals surface area contributed by atoms with Crippen LogP contribution < -0.4 is 4.74 Å². The van der Waals surface area contributed by atoms with E-state index in [4.69, 9.17) is 9.47 Å². The van der Waals surface area contributed by atoms with Crippen LogP contribution in [-0.4, -0.2) is 44.9 Å². The highest BCUT2D eigenvalue weighted by atomic mass is 16.5. The molecule has 0 N–H and O–H groups in total. The molecule has 0 radical (unpaired) electrons. The van der Waals surface area contributed by atoms with E-state index in [9.17, 15) is 0 Å². The van der Waals surface area contributed by atoms with Gasteiger partial charge in [-0.3, -0.25) is 0 Å². The quantitative estimate of drug-likeness (QED) is 0.174. The Morgan fingerprint density at radius 3 is 1.94 bits per heavy atom. The molecule has 3 rings (SSSR count). The van der Waals surface area contributed by atoms with Crippen molar-refractivity contribution in [3.8, 4) is 5.75 Å². The zero-order valence-corrected chi connectivity index (χ0v) is 23.2. The molecule has 0 bridgehead atoms. The topological polar surface area (TPSA) is 18.5 Å². The number of rotatable bonds is 14. The predicted octanol–water partition coefficient (Wildman–Crippen LogP) is 7.35. The molecule has 36 heavy (non-hydrogen) atoms. The summed E-state index contributed by atoms with van der Waals surface area (Å²) in [6.45, 7) is 12.1. The zero-order chi connectivity index (χ0) is 26.0. The highest BCUT2D eigenvalue weighted by Gasteiger charge is 2.49. The number of ether oxygens (including phenoxy) is 2. The number of hydrogen-bond donors (Lipinski definition) is 0. The molecule has 0 fully saturated rings. The summed E-state index contributed by atoms with van der Waals surface area (Å²) in [5, 5.41) is 0. The summed E-state index contributed by atoms with van der Waals surface area (Å²) in [6, 6.07) is 30.2. The van der Waals surface area contributed by atoms with Gasteiger partial charge in [0.25, 0.3) is 0 Å². The first-order valence-corrected chi connectivity index (χ1v) is 13.5. The molecule has 0 heterocycles. The second-order valence-corrected chi connectivity index (χ2v) is 11.3. The molecule has 194 valence electrons. The van der Waals surface area contributed by atoms with Crippen molar-refractivity contribution in [3.05, 3.63) is 102 Å². The molecular formula is C33H46NO2+. The van der Waals surface area contributed by atoms with Crippen molar-refractivity contribution in [1.29, 1.82) is 0 Å². The van der Waals surface area contributed by atoms with E-state index in [0.29, 0.717) is 31.7 Å². The minimum atomic E-state index is -0.176. The average molecular weight is 489 g/mol. The second kappa shape index (κ2) is 13.1. The number of likely N-dealkylation sites (N-methyl/N-ethyl adjacent to an activating group) is 1. The third-order valence-electron chi connectivity index (χ3n) is 7.11. The highest BCUT2D eigenvalue weighted by molar-refractivity contribution is 5.42. The van der Waals surface area contributed by atoms with Crippen molar-refractivity contribution in [2.24, 2.45) is 11.8 Å². The highest BCUT2D eigenvalue weighted by Crippen LogP contribution is 2.46. The lowest BCUT2D eigenvalue weighted by molar-refractivity contribution is -0.944. The molecule has 1 atom stereocenters. The SMILES string of the molecule is CC(C)Cc1ccccc1C(CC(C)C)(c1ccccc1)[N+](C)(C)CCOCCOc1ccccc1. The van der Waals surface area contributed by atoms with E-state index in [-0.39, 0.29) is 5.54 Å². The fourth-order valence-electron chi connectivity index (χ4n) is 5.47. The van der Waals surface area contributed by atoms with Crippen molar-refractivity contribution in [3.63, 3.8) is 0 Å². The summed E-state index contributed by atoms with van der Waals surface area (Å²) < 4.78 is 12.8. The van der Waals surface area contributed by atoms with Gasteiger partial charge in [-0.15, -0.1) is 0 Å². The van der Waals surface area contributed by atoms with E-state index in [2.05, 4.69) is 96.4 Å². The third kappa shape index (κ3) is 6.99. The Labute approximate surface area is 219 Å². The molecule has 0 aromatic heterocycles. The van der Waals surface area contributed by atoms with Crippen LogP contribution in [-0.2, 0) is 16.7 Å². The van der Waals surface area contributed by atoms with E-state index in [0.717, 1.165) is 29.6 Å². The van der Waals surface area contributed by atoms with Crippen molar-refractivity contribution < 1.29 is 14.0 Å². The van der Waals surface area contributed by atoms with Gasteiger partial charge in [0, 0.05) is 17.5 Å². The molecule has 1 unspecified atom stereocenters. The van der Waals surface area contributed by atoms with Crippen LogP contribution in [0.3, 0.4) is 0 Å². The van der Waals surface area contributed by atoms with Gasteiger partial charge < -0.3 is 14.0 Å². The van der Waals surface area contributed by atoms with E-state index in [1.54, 1.807) is 0 Å². The monoisotopic (exact) mass is 488 g/mol. The van der Waals surface area contributed by atoms with Gasteiger partial charge in [-0.05, 0) is 36.0 Å². The summed E-state index contributed by atoms with van der Waals surface area (Å²) >= 11 is 0. The van der Waals surface area contributed by atoms with Crippen LogP contribution in [0.25, 0.3) is 0 Å². The lowest BCUT2D eigenvalue weighted by Gasteiger charge is -2.51. The van der Waals surface area contributed by atoms with Gasteiger partial charge in [0.15, 0.2) is 5.54 Å². The number of nitrogens with zero attached hydrogens (tertiary/aromatic N) is 1. The summed E-state index contributed by atoms with van der Waals surface area (Å²) in [4.78, 5) is 0. The lowest BCUT2D eigenvalue weighted by Crippen LogP contribution is -2.60. The average Bonchev–Trinajstić information content (AvgIpc) is 2.85. The minimum absolute atomic E-state index is 0.176. The number of benzene rings is 3. The number of quaternary nitrogens is 1. The first-order valence-electron chi connectivity index (χ1n) is 13.5. The maximum Gasteiger partial charge on any atom is 0.151 e. The van der Waals surface area contributed by atoms with Gasteiger partial charge in [0.1, 0.15) is 18.9 Å². The molecule has 0 aliphatic heterocycles. The Morgan fingerprint density at radius 2 is 1.31 bits per heavy atom. The van der Waals surface area contributed by atoms with Crippen LogP contribution in [0.1, 0.15) is 50.8 Å². The molecule has 0 aliphatic carbocycles. The molecule has 0 amide bonds. The van der Waals surface area contributed by atoms with E-state index in [1.807, 2.05) is 30.3 Å². The van der Waals surface area contributed by atoms with Crippen molar-refractivity contribution >= 4 is 0 Å². The fourth-order valence-corrected chi connectivity index (χ4v) is 5.47. The summed E-state index contributed by atoms with van der Waals surface area (Å²) in [5.74, 6) is 2.02. The molecule has 3 aromatic carbocycles. The number of hydrogen-bond acceptors (Lipinski definition) is 2. The van der Waals surface area contributed by atoms with Crippen molar-refractivity contribution in [2.45, 2.75) is 46.1 Å². The molecule has 3 nitrogen and oxygen atoms in total. The normalized spacial score (nSPS) is 13.7. The van der Waals surface area contributed by atoms with E-state index in [1.165, 1.54) is 16.7 Å². The third-order valence-corrected chi connectivity index (χ3v) is 7.11. The Hall–Kier alpha value is -2.62. The van der Waals surface area contributed by atoms with Crippen LogP contribution >= 0.6 is 0 Å². The van der Waals surface area contributed by atoms with Gasteiger partial charge >= 0.3 is 0 Å². The van der Waals surface area contributed by atoms with Gasteiger partial charge in [0.05, 0.1) is 27.3 Å². The maximum atomic E-state index is 6.12. The predicted molar refractivity (Wildman–Crippen MR) is 151 cm³/mol. The first kappa shape index (κ1) is 28.0. The minimum Gasteiger partial charge on any atom is -0.491 e. The van der Waals surface area contributed by atoms with Crippen molar-refractivity contribution in [2.75, 3.05) is 40.5 Å². The standard InChI is InChI=1S/C33H46NO2/c1-27(2)25-29-15-13-14-20-32(29)33(26-28(3)4,30-16-9-7-10-17-30)34(5,6)21-22-35-23-24-36-31-18-11-8-12-19-31/h7-20,27-28H,21-26H2,1-6H3/q+1. The summed E-state index contributed by atoms with van der Waals surface area (Å²) in [5.41, 5.74) is 4.12. The lowest BCUT2D eigenvalue weighted by atomic mass is 9.71. The Morgan fingerprint density at radius 1 is 0.694 bits per heavy atom. The zero-order valence-electron chi connectivity index (χ0n) is 23.2. The fraction of sp³-hybridized carbons (Fsp3) is 0.455. The Bertz CT molecular complexity index is 1030. The Kier molecular flexibility index (Phi) is 10.2. The molecule has 3 heteroatoms. The molecule has 0 saturated heterocycles. The van der Waals surface area contributed by atoms with E-state index < -0.39 is 0 Å². The molecular weight excluding hydrogens is 442 g/mol. The molecule has 0 aliphatic rings. The van der Waals surface area contributed by atoms with Crippen LogP contribution in [0.15, 0.2) is 84.9 Å².